The number of imidazole rings is 1. The highest BCUT2D eigenvalue weighted by Crippen LogP contribution is 2.50. The highest BCUT2D eigenvalue weighted by Gasteiger charge is 2.38. The van der Waals surface area contributed by atoms with Crippen LogP contribution in [-0.4, -0.2) is 79.8 Å². The summed E-state index contributed by atoms with van der Waals surface area (Å²) < 4.78 is 36.7. The molecule has 2 atom stereocenters. The Morgan fingerprint density at radius 1 is 0.889 bits per heavy atom. The molecule has 0 radical (unpaired) electrons. The largest absolute Gasteiger partial charge is 0.446 e. The normalized spacial score (nSPS) is 13.1. The zero-order chi connectivity index (χ0) is 32.6. The molecule has 0 spiro atoms. The highest BCUT2D eigenvalue weighted by atomic mass is 31.2. The number of carbonyl (C=O) groups is 3. The molecule has 0 fully saturated rings. The fourth-order valence-electron chi connectivity index (χ4n) is 4.19. The summed E-state index contributed by atoms with van der Waals surface area (Å²) in [6, 6.07) is 16.3. The van der Waals surface area contributed by atoms with Crippen molar-refractivity contribution in [2.45, 2.75) is 52.1 Å². The molecule has 0 aliphatic rings. The van der Waals surface area contributed by atoms with Gasteiger partial charge in [-0.15, -0.1) is 0 Å². The van der Waals surface area contributed by atoms with Gasteiger partial charge in [-0.1, -0.05) is 36.4 Å². The Morgan fingerprint density at radius 3 is 2.07 bits per heavy atom. The molecule has 0 unspecified atom stereocenters. The highest BCUT2D eigenvalue weighted by molar-refractivity contribution is 7.53. The van der Waals surface area contributed by atoms with E-state index in [1.54, 1.807) is 76.2 Å². The minimum absolute atomic E-state index is 0.0206. The van der Waals surface area contributed by atoms with E-state index in [2.05, 4.69) is 20.3 Å². The number of hydrogen-bond acceptors (Lipinski definition) is 12. The molecule has 45 heavy (non-hydrogen) atoms. The summed E-state index contributed by atoms with van der Waals surface area (Å²) in [4.78, 5) is 52.3. The molecule has 4 rings (SSSR count). The zero-order valence-electron chi connectivity index (χ0n) is 25.1. The van der Waals surface area contributed by atoms with Gasteiger partial charge in [0.25, 0.3) is 11.8 Å². The number of ether oxygens (including phenoxy) is 2. The molecule has 0 aliphatic carbocycles. The van der Waals surface area contributed by atoms with E-state index in [4.69, 9.17) is 18.5 Å². The van der Waals surface area contributed by atoms with Gasteiger partial charge in [-0.25, -0.2) is 24.3 Å². The minimum atomic E-state index is -3.87. The van der Waals surface area contributed by atoms with E-state index in [9.17, 15) is 24.1 Å². The van der Waals surface area contributed by atoms with Crippen molar-refractivity contribution in [1.82, 2.24) is 19.5 Å². The van der Waals surface area contributed by atoms with Crippen molar-refractivity contribution in [3.63, 3.8) is 0 Å². The number of benzene rings is 2. The SMILES string of the molecule is CC(C)OP(=O)(CO[C@@H](CO)[C@@H](OC(=O)c1ccccc1)C(=O)n1cnc2c(NC(=O)c3ccccc3)ncnc21)OC(C)C. The van der Waals surface area contributed by atoms with Crippen LogP contribution in [0.1, 0.15) is 53.2 Å². The number of esters is 1. The van der Waals surface area contributed by atoms with Gasteiger partial charge in [0.05, 0.1) is 24.4 Å². The van der Waals surface area contributed by atoms with E-state index in [1.165, 1.54) is 12.1 Å². The third-order valence-corrected chi connectivity index (χ3v) is 7.98. The lowest BCUT2D eigenvalue weighted by Crippen LogP contribution is -2.44. The first-order valence-electron chi connectivity index (χ1n) is 14.0. The van der Waals surface area contributed by atoms with E-state index in [1.807, 2.05) is 0 Å². The van der Waals surface area contributed by atoms with Gasteiger partial charge in [0.2, 0.25) is 6.10 Å². The third kappa shape index (κ3) is 8.65. The molecule has 0 saturated carbocycles. The van der Waals surface area contributed by atoms with Crippen LogP contribution in [0.3, 0.4) is 0 Å². The minimum Gasteiger partial charge on any atom is -0.446 e. The number of hydrogen-bond donors (Lipinski definition) is 2. The number of aliphatic hydroxyl groups is 1. The van der Waals surface area contributed by atoms with Crippen LogP contribution in [0.4, 0.5) is 5.82 Å². The first kappa shape index (κ1) is 33.6. The molecule has 15 heteroatoms. The van der Waals surface area contributed by atoms with Gasteiger partial charge in [-0.2, -0.15) is 0 Å². The lowest BCUT2D eigenvalue weighted by atomic mass is 10.1. The summed E-state index contributed by atoms with van der Waals surface area (Å²) in [6.45, 7) is 5.83. The van der Waals surface area contributed by atoms with Gasteiger partial charge in [-0.05, 0) is 52.0 Å². The van der Waals surface area contributed by atoms with Gasteiger partial charge in [0.1, 0.15) is 25.1 Å². The lowest BCUT2D eigenvalue weighted by Gasteiger charge is -2.28. The maximum Gasteiger partial charge on any atom is 0.356 e. The Bertz CT molecular complexity index is 1650. The molecule has 2 heterocycles. The van der Waals surface area contributed by atoms with Gasteiger partial charge in [-0.3, -0.25) is 14.2 Å². The number of aliphatic hydroxyl groups excluding tert-OH is 1. The third-order valence-electron chi connectivity index (χ3n) is 6.03. The van der Waals surface area contributed by atoms with Crippen LogP contribution in [0.15, 0.2) is 73.3 Å². The van der Waals surface area contributed by atoms with Crippen LogP contribution < -0.4 is 5.32 Å². The maximum atomic E-state index is 14.0. The monoisotopic (exact) mass is 639 g/mol. The second kappa shape index (κ2) is 15.1. The number of aromatic nitrogens is 4. The standard InChI is InChI=1S/C30H34N5O9P/c1-19(2)43-45(40,44-20(3)4)18-41-23(15-36)25(42-30(39)22-13-9-6-10-14-22)29(38)35-17-33-24-26(31-16-32-27(24)35)34-28(37)21-11-7-5-8-12-21/h5-14,16-17,19-20,23,25,36H,15,18H2,1-4H3,(H,31,32,34,37)/t23-,25+/m0/s1. The number of fused-ring (bicyclic) bond motifs is 1. The second-order valence-electron chi connectivity index (χ2n) is 10.3. The summed E-state index contributed by atoms with van der Waals surface area (Å²) in [5, 5.41) is 13.0. The van der Waals surface area contributed by atoms with E-state index < -0.39 is 62.8 Å². The van der Waals surface area contributed by atoms with Gasteiger partial charge < -0.3 is 28.9 Å². The van der Waals surface area contributed by atoms with Gasteiger partial charge >= 0.3 is 13.6 Å². The molecule has 1 amide bonds. The summed E-state index contributed by atoms with van der Waals surface area (Å²) in [5.41, 5.74) is 0.557. The van der Waals surface area contributed by atoms with Gasteiger partial charge in [0.15, 0.2) is 17.0 Å². The maximum absolute atomic E-state index is 14.0. The first-order valence-corrected chi connectivity index (χ1v) is 15.8. The van der Waals surface area contributed by atoms with Crippen molar-refractivity contribution in [2.75, 3.05) is 18.3 Å². The molecule has 2 aromatic heterocycles. The summed E-state index contributed by atoms with van der Waals surface area (Å²) in [7, 11) is -3.87. The average Bonchev–Trinajstić information content (AvgIpc) is 3.45. The number of anilines is 1. The molecule has 14 nitrogen and oxygen atoms in total. The molecule has 0 aliphatic heterocycles. The van der Waals surface area contributed by atoms with Crippen molar-refractivity contribution < 1.29 is 42.6 Å². The van der Waals surface area contributed by atoms with Gasteiger partial charge in [0, 0.05) is 5.56 Å². The van der Waals surface area contributed by atoms with Crippen molar-refractivity contribution in [1.29, 1.82) is 0 Å². The Hall–Kier alpha value is -4.33. The van der Waals surface area contributed by atoms with Crippen LogP contribution in [0.2, 0.25) is 0 Å². The molecular weight excluding hydrogens is 605 g/mol. The molecular formula is C30H34N5O9P. The summed E-state index contributed by atoms with van der Waals surface area (Å²) in [5.74, 6) is -2.21. The van der Waals surface area contributed by atoms with Crippen LogP contribution in [0, 0.1) is 0 Å². The van der Waals surface area contributed by atoms with Crippen molar-refractivity contribution in [2.24, 2.45) is 0 Å². The molecule has 0 saturated heterocycles. The Balaban J connectivity index is 1.66. The number of carbonyl (C=O) groups excluding carboxylic acids is 3. The van der Waals surface area contributed by atoms with E-state index in [0.29, 0.717) is 5.56 Å². The molecule has 238 valence electrons. The predicted molar refractivity (Wildman–Crippen MR) is 163 cm³/mol. The van der Waals surface area contributed by atoms with Crippen LogP contribution in [0.5, 0.6) is 0 Å². The Labute approximate surface area is 259 Å². The fourth-order valence-corrected chi connectivity index (χ4v) is 6.02. The lowest BCUT2D eigenvalue weighted by molar-refractivity contribution is -0.0571. The summed E-state index contributed by atoms with van der Waals surface area (Å²) in [6.07, 6.45) is -2.68. The molecule has 2 N–H and O–H groups in total. The Kier molecular flexibility index (Phi) is 11.3. The Morgan fingerprint density at radius 2 is 1.49 bits per heavy atom. The van der Waals surface area contributed by atoms with E-state index >= 15 is 0 Å². The molecule has 0 bridgehead atoms. The summed E-state index contributed by atoms with van der Waals surface area (Å²) >= 11 is 0. The average molecular weight is 640 g/mol. The van der Waals surface area contributed by atoms with Crippen molar-refractivity contribution in [3.05, 3.63) is 84.4 Å². The quantitative estimate of drug-likeness (QED) is 0.148. The fraction of sp³-hybridized carbons (Fsp3) is 0.333. The van der Waals surface area contributed by atoms with Crippen molar-refractivity contribution >= 4 is 42.4 Å². The number of nitrogens with zero attached hydrogens (tertiary/aromatic N) is 4. The van der Waals surface area contributed by atoms with Crippen molar-refractivity contribution in [3.8, 4) is 0 Å². The molecule has 2 aromatic carbocycles. The smallest absolute Gasteiger partial charge is 0.356 e. The van der Waals surface area contributed by atoms with Crippen LogP contribution in [-0.2, 0) is 23.1 Å². The number of amides is 1. The van der Waals surface area contributed by atoms with E-state index in [0.717, 1.165) is 17.2 Å². The molecule has 4 aromatic rings. The van der Waals surface area contributed by atoms with E-state index in [-0.39, 0.29) is 22.5 Å². The number of nitrogens with one attached hydrogen (secondary N) is 1. The topological polar surface area (TPSA) is 181 Å². The van der Waals surface area contributed by atoms with Crippen LogP contribution in [0.25, 0.3) is 11.2 Å². The van der Waals surface area contributed by atoms with Crippen LogP contribution >= 0.6 is 7.60 Å². The predicted octanol–water partition coefficient (Wildman–Crippen LogP) is 4.32. The number of rotatable bonds is 14. The first-order chi connectivity index (χ1) is 21.5. The second-order valence-corrected chi connectivity index (χ2v) is 12.2. The zero-order valence-corrected chi connectivity index (χ0v) is 26.0.